The van der Waals surface area contributed by atoms with Gasteiger partial charge in [0.25, 0.3) is 0 Å². The van der Waals surface area contributed by atoms with Gasteiger partial charge >= 0.3 is 0 Å². The van der Waals surface area contributed by atoms with Gasteiger partial charge in [-0.2, -0.15) is 0 Å². The minimum Gasteiger partial charge on any atom is -0.355 e. The molecule has 0 aliphatic carbocycles. The van der Waals surface area contributed by atoms with Gasteiger partial charge in [0.05, 0.1) is 12.1 Å². The average Bonchev–Trinajstić information content (AvgIpc) is 2.95. The number of hydrogen-bond donors (Lipinski definition) is 6. The summed E-state index contributed by atoms with van der Waals surface area (Å²) >= 11 is 0. The van der Waals surface area contributed by atoms with Crippen molar-refractivity contribution in [2.24, 2.45) is 22.9 Å². The fourth-order valence-electron chi connectivity index (χ4n) is 4.61. The molecule has 0 saturated heterocycles. The van der Waals surface area contributed by atoms with Crippen LogP contribution in [0, 0.1) is 0 Å². The van der Waals surface area contributed by atoms with Gasteiger partial charge in [0.1, 0.15) is 0 Å². The van der Waals surface area contributed by atoms with E-state index in [9.17, 15) is 14.4 Å². The Hall–Kier alpha value is -1.75. The molecule has 0 aromatic heterocycles. The van der Waals surface area contributed by atoms with Crippen LogP contribution in [0.15, 0.2) is 0 Å². The molecular formula is C30H63N7O3. The zero-order valence-corrected chi connectivity index (χ0v) is 25.6. The predicted octanol–water partition coefficient (Wildman–Crippen LogP) is 2.66. The summed E-state index contributed by atoms with van der Waals surface area (Å²) in [6.07, 6.45) is 17.4. The molecule has 10 nitrogen and oxygen atoms in total. The van der Waals surface area contributed by atoms with Crippen molar-refractivity contribution in [3.8, 4) is 0 Å². The minimum absolute atomic E-state index is 0.137. The summed E-state index contributed by atoms with van der Waals surface area (Å²) in [5.74, 6) is -0.178. The molecule has 0 saturated carbocycles. The molecule has 0 fully saturated rings. The zero-order valence-electron chi connectivity index (χ0n) is 25.6. The number of rotatable bonds is 28. The molecule has 2 atom stereocenters. The number of nitrogens with zero attached hydrogens (tertiary/aromatic N) is 1. The highest BCUT2D eigenvalue weighted by Crippen LogP contribution is 2.11. The largest absolute Gasteiger partial charge is 0.355 e. The second-order valence-corrected chi connectivity index (χ2v) is 11.0. The highest BCUT2D eigenvalue weighted by Gasteiger charge is 2.16. The number of nitrogens with one attached hydrogen (secondary N) is 2. The number of hydrogen-bond acceptors (Lipinski definition) is 7. The fraction of sp³-hybridized carbons (Fsp3) is 0.900. The molecule has 0 heterocycles. The van der Waals surface area contributed by atoms with E-state index in [2.05, 4.69) is 17.6 Å². The van der Waals surface area contributed by atoms with Gasteiger partial charge in [-0.05, 0) is 58.0 Å². The predicted molar refractivity (Wildman–Crippen MR) is 165 cm³/mol. The van der Waals surface area contributed by atoms with Crippen LogP contribution in [0.1, 0.15) is 122 Å². The van der Waals surface area contributed by atoms with Crippen molar-refractivity contribution in [3.63, 3.8) is 0 Å². The molecular weight excluding hydrogens is 506 g/mol. The fourth-order valence-corrected chi connectivity index (χ4v) is 4.61. The van der Waals surface area contributed by atoms with Crippen molar-refractivity contribution in [1.82, 2.24) is 15.5 Å². The summed E-state index contributed by atoms with van der Waals surface area (Å²) < 4.78 is 0. The first kappa shape index (κ1) is 38.2. The van der Waals surface area contributed by atoms with Crippen LogP contribution in [0.4, 0.5) is 0 Å². The molecule has 0 aliphatic rings. The van der Waals surface area contributed by atoms with E-state index in [0.29, 0.717) is 71.4 Å². The number of carbonyl (C=O) groups is 3. The summed E-state index contributed by atoms with van der Waals surface area (Å²) in [7, 11) is 0. The topological polar surface area (TPSA) is 183 Å². The van der Waals surface area contributed by atoms with Crippen molar-refractivity contribution in [2.75, 3.05) is 39.3 Å². The Balaban J connectivity index is 4.49. The van der Waals surface area contributed by atoms with Gasteiger partial charge in [-0.15, -0.1) is 0 Å². The van der Waals surface area contributed by atoms with Gasteiger partial charge in [0, 0.05) is 32.6 Å². The van der Waals surface area contributed by atoms with Crippen molar-refractivity contribution in [1.29, 1.82) is 0 Å². The van der Waals surface area contributed by atoms with E-state index in [0.717, 1.165) is 38.5 Å². The standard InChI is InChI=1S/C30H63N7O3/c1-2-3-4-5-6-7-8-9-10-19-28(38)37(24-15-22-35-29(39)26(33)17-11-13-20-31)25-16-23-36-30(40)27(34)18-12-14-21-32/h26-27H,2-25,31-34H2,1H3,(H,35,39)(H,36,40)/t26-,27-/m0/s1. The first-order valence-corrected chi connectivity index (χ1v) is 16.1. The molecule has 0 unspecified atom stereocenters. The monoisotopic (exact) mass is 569 g/mol. The Labute approximate surface area is 244 Å². The minimum atomic E-state index is -0.527. The molecule has 0 rings (SSSR count). The molecule has 0 aliphatic heterocycles. The quantitative estimate of drug-likeness (QED) is 0.0783. The van der Waals surface area contributed by atoms with Crippen LogP contribution in [0.2, 0.25) is 0 Å². The molecule has 3 amide bonds. The van der Waals surface area contributed by atoms with Gasteiger partial charge in [0.2, 0.25) is 17.7 Å². The van der Waals surface area contributed by atoms with Crippen molar-refractivity contribution < 1.29 is 14.4 Å². The van der Waals surface area contributed by atoms with Crippen molar-refractivity contribution in [2.45, 2.75) is 135 Å². The van der Waals surface area contributed by atoms with Gasteiger partial charge < -0.3 is 38.5 Å². The zero-order chi connectivity index (χ0) is 29.8. The molecule has 10 N–H and O–H groups in total. The Kier molecular flexibility index (Phi) is 26.2. The average molecular weight is 570 g/mol. The Morgan fingerprint density at radius 2 is 1.02 bits per heavy atom. The lowest BCUT2D eigenvalue weighted by atomic mass is 10.1. The highest BCUT2D eigenvalue weighted by atomic mass is 16.2. The maximum absolute atomic E-state index is 13.0. The van der Waals surface area contributed by atoms with Crippen LogP contribution in [0.25, 0.3) is 0 Å². The van der Waals surface area contributed by atoms with Crippen LogP contribution in [-0.2, 0) is 14.4 Å². The molecule has 40 heavy (non-hydrogen) atoms. The van der Waals surface area contributed by atoms with Gasteiger partial charge in [-0.1, -0.05) is 71.1 Å². The Morgan fingerprint density at radius 1 is 0.600 bits per heavy atom. The molecule has 0 radical (unpaired) electrons. The lowest BCUT2D eigenvalue weighted by molar-refractivity contribution is -0.131. The van der Waals surface area contributed by atoms with E-state index in [1.165, 1.54) is 44.9 Å². The van der Waals surface area contributed by atoms with Crippen LogP contribution in [0.3, 0.4) is 0 Å². The van der Waals surface area contributed by atoms with Crippen LogP contribution >= 0.6 is 0 Å². The smallest absolute Gasteiger partial charge is 0.236 e. The summed E-state index contributed by atoms with van der Waals surface area (Å²) in [5, 5.41) is 5.78. The Bertz CT molecular complexity index is 600. The van der Waals surface area contributed by atoms with Gasteiger partial charge in [-0.25, -0.2) is 0 Å². The van der Waals surface area contributed by atoms with Gasteiger partial charge in [0.15, 0.2) is 0 Å². The summed E-state index contributed by atoms with van der Waals surface area (Å²) in [5.41, 5.74) is 22.9. The maximum Gasteiger partial charge on any atom is 0.236 e. The van der Waals surface area contributed by atoms with E-state index >= 15 is 0 Å². The third-order valence-corrected chi connectivity index (χ3v) is 7.27. The number of carbonyl (C=O) groups excluding carboxylic acids is 3. The van der Waals surface area contributed by atoms with Crippen LogP contribution in [0.5, 0.6) is 0 Å². The van der Waals surface area contributed by atoms with Crippen LogP contribution < -0.4 is 33.6 Å². The highest BCUT2D eigenvalue weighted by molar-refractivity contribution is 5.81. The number of unbranched alkanes of at least 4 members (excludes halogenated alkanes) is 10. The first-order chi connectivity index (χ1) is 19.4. The lowest BCUT2D eigenvalue weighted by Gasteiger charge is -2.23. The maximum atomic E-state index is 13.0. The summed E-state index contributed by atoms with van der Waals surface area (Å²) in [6, 6.07) is -1.05. The van der Waals surface area contributed by atoms with E-state index in [4.69, 9.17) is 22.9 Å². The molecule has 10 heteroatoms. The third kappa shape index (κ3) is 22.0. The summed E-state index contributed by atoms with van der Waals surface area (Å²) in [4.78, 5) is 39.3. The molecule has 0 aromatic rings. The van der Waals surface area contributed by atoms with E-state index in [1.807, 2.05) is 4.90 Å². The third-order valence-electron chi connectivity index (χ3n) is 7.27. The van der Waals surface area contributed by atoms with E-state index in [1.54, 1.807) is 0 Å². The number of amides is 3. The lowest BCUT2D eigenvalue weighted by Crippen LogP contribution is -2.43. The molecule has 0 aromatic carbocycles. The SMILES string of the molecule is CCCCCCCCCCCC(=O)N(CCCNC(=O)[C@@H](N)CCCCN)CCCNC(=O)[C@@H](N)CCCCN. The molecule has 0 spiro atoms. The molecule has 236 valence electrons. The second kappa shape index (κ2) is 27.4. The summed E-state index contributed by atoms with van der Waals surface area (Å²) in [6.45, 7) is 5.50. The first-order valence-electron chi connectivity index (χ1n) is 16.1. The van der Waals surface area contributed by atoms with E-state index < -0.39 is 12.1 Å². The van der Waals surface area contributed by atoms with Crippen molar-refractivity contribution >= 4 is 17.7 Å². The van der Waals surface area contributed by atoms with Crippen LogP contribution in [-0.4, -0.2) is 74.0 Å². The van der Waals surface area contributed by atoms with Gasteiger partial charge in [-0.3, -0.25) is 14.4 Å². The number of nitrogens with two attached hydrogens (primary N) is 4. The Morgan fingerprint density at radius 3 is 1.45 bits per heavy atom. The molecule has 0 bridgehead atoms. The second-order valence-electron chi connectivity index (χ2n) is 11.0. The normalized spacial score (nSPS) is 12.6. The van der Waals surface area contributed by atoms with Crippen molar-refractivity contribution in [3.05, 3.63) is 0 Å². The van der Waals surface area contributed by atoms with E-state index in [-0.39, 0.29) is 17.7 Å².